The number of aromatic nitrogens is 2. The first-order valence-corrected chi connectivity index (χ1v) is 6.47. The molecule has 0 aliphatic heterocycles. The molecule has 6 nitrogen and oxygen atoms in total. The van der Waals surface area contributed by atoms with Crippen LogP contribution in [0.4, 0.5) is 0 Å². The first-order chi connectivity index (χ1) is 9.45. The molecule has 20 heavy (non-hydrogen) atoms. The van der Waals surface area contributed by atoms with Crippen LogP contribution in [0, 0.1) is 0 Å². The van der Waals surface area contributed by atoms with E-state index in [9.17, 15) is 14.4 Å². The number of halogens is 2. The van der Waals surface area contributed by atoms with Gasteiger partial charge in [0.2, 0.25) is 0 Å². The number of carbonyl (C=O) groups excluding carboxylic acids is 1. The summed E-state index contributed by atoms with van der Waals surface area (Å²) in [5.41, 5.74) is -1.15. The molecular formula is C12H10Cl2N2O4. The average molecular weight is 317 g/mol. The van der Waals surface area contributed by atoms with E-state index in [1.54, 1.807) is 6.92 Å². The molecule has 106 valence electrons. The van der Waals surface area contributed by atoms with Gasteiger partial charge in [-0.05, 0) is 19.1 Å². The number of rotatable bonds is 3. The van der Waals surface area contributed by atoms with Crippen LogP contribution in [0.1, 0.15) is 6.92 Å². The summed E-state index contributed by atoms with van der Waals surface area (Å²) in [6, 6.07) is 2.94. The van der Waals surface area contributed by atoms with Crippen molar-refractivity contribution in [2.45, 2.75) is 13.5 Å². The number of fused-ring (bicyclic) bond motifs is 1. The molecule has 0 unspecified atom stereocenters. The van der Waals surface area contributed by atoms with Crippen molar-refractivity contribution in [2.24, 2.45) is 0 Å². The maximum absolute atomic E-state index is 12.3. The van der Waals surface area contributed by atoms with Crippen molar-refractivity contribution in [3.05, 3.63) is 43.0 Å². The van der Waals surface area contributed by atoms with Crippen LogP contribution >= 0.6 is 23.2 Å². The quantitative estimate of drug-likeness (QED) is 0.871. The summed E-state index contributed by atoms with van der Waals surface area (Å²) in [6.45, 7) is 1.30. The first-order valence-electron chi connectivity index (χ1n) is 5.72. The number of nitrogens with zero attached hydrogens (tertiary/aromatic N) is 1. The summed E-state index contributed by atoms with van der Waals surface area (Å²) in [4.78, 5) is 37.9. The molecule has 8 heteroatoms. The van der Waals surface area contributed by atoms with E-state index in [0.29, 0.717) is 0 Å². The highest BCUT2D eigenvalue weighted by Crippen LogP contribution is 2.26. The zero-order chi connectivity index (χ0) is 14.9. The van der Waals surface area contributed by atoms with Gasteiger partial charge in [0, 0.05) is 0 Å². The van der Waals surface area contributed by atoms with Gasteiger partial charge >= 0.3 is 11.7 Å². The minimum atomic E-state index is -0.714. The smallest absolute Gasteiger partial charge is 0.329 e. The zero-order valence-corrected chi connectivity index (χ0v) is 11.9. The monoisotopic (exact) mass is 316 g/mol. The molecule has 0 saturated carbocycles. The summed E-state index contributed by atoms with van der Waals surface area (Å²) in [7, 11) is 0. The van der Waals surface area contributed by atoms with Crippen molar-refractivity contribution in [3.8, 4) is 0 Å². The van der Waals surface area contributed by atoms with Crippen LogP contribution in [0.25, 0.3) is 10.9 Å². The van der Waals surface area contributed by atoms with E-state index in [2.05, 4.69) is 4.98 Å². The van der Waals surface area contributed by atoms with E-state index in [0.717, 1.165) is 4.57 Å². The molecule has 1 aromatic carbocycles. The number of hydrogen-bond acceptors (Lipinski definition) is 4. The Labute approximate surface area is 122 Å². The van der Waals surface area contributed by atoms with Gasteiger partial charge in [0.05, 0.1) is 27.6 Å². The van der Waals surface area contributed by atoms with E-state index in [1.165, 1.54) is 12.1 Å². The van der Waals surface area contributed by atoms with Crippen LogP contribution < -0.4 is 11.2 Å². The molecule has 0 spiro atoms. The molecule has 0 atom stereocenters. The normalized spacial score (nSPS) is 10.8. The van der Waals surface area contributed by atoms with Crippen LogP contribution in [-0.4, -0.2) is 22.1 Å². The maximum Gasteiger partial charge on any atom is 0.329 e. The van der Waals surface area contributed by atoms with Gasteiger partial charge in [0.15, 0.2) is 0 Å². The first kappa shape index (κ1) is 14.6. The summed E-state index contributed by atoms with van der Waals surface area (Å²) in [5, 5.41) is 0.275. The number of nitrogens with one attached hydrogen (secondary N) is 1. The fourth-order valence-corrected chi connectivity index (χ4v) is 2.16. The lowest BCUT2D eigenvalue weighted by Crippen LogP contribution is -2.37. The van der Waals surface area contributed by atoms with Gasteiger partial charge in [0.25, 0.3) is 5.56 Å². The second-order valence-electron chi connectivity index (χ2n) is 3.91. The van der Waals surface area contributed by atoms with Crippen molar-refractivity contribution in [1.29, 1.82) is 0 Å². The van der Waals surface area contributed by atoms with Gasteiger partial charge in [0.1, 0.15) is 6.54 Å². The maximum atomic E-state index is 12.3. The van der Waals surface area contributed by atoms with Crippen LogP contribution in [0.2, 0.25) is 10.0 Å². The number of benzene rings is 1. The highest BCUT2D eigenvalue weighted by Gasteiger charge is 2.15. The molecule has 1 aromatic heterocycles. The zero-order valence-electron chi connectivity index (χ0n) is 10.4. The second kappa shape index (κ2) is 5.68. The van der Waals surface area contributed by atoms with E-state index in [-0.39, 0.29) is 27.6 Å². The molecular weight excluding hydrogens is 307 g/mol. The number of esters is 1. The van der Waals surface area contributed by atoms with E-state index in [1.807, 2.05) is 0 Å². The van der Waals surface area contributed by atoms with Crippen molar-refractivity contribution in [2.75, 3.05) is 6.61 Å². The molecule has 0 aliphatic carbocycles. The fraction of sp³-hybridized carbons (Fsp3) is 0.250. The molecule has 2 aromatic rings. The Morgan fingerprint density at radius 2 is 2.05 bits per heavy atom. The Hall–Kier alpha value is -1.79. The van der Waals surface area contributed by atoms with E-state index < -0.39 is 23.8 Å². The van der Waals surface area contributed by atoms with Crippen LogP contribution in [0.3, 0.4) is 0 Å². The SMILES string of the molecule is CCOC(=O)Cn1c(=O)[nH]c2ccc(Cl)c(Cl)c2c1=O. The topological polar surface area (TPSA) is 81.2 Å². The molecule has 0 amide bonds. The van der Waals surface area contributed by atoms with Crippen molar-refractivity contribution >= 4 is 40.1 Å². The molecule has 0 fully saturated rings. The van der Waals surface area contributed by atoms with Gasteiger partial charge in [-0.2, -0.15) is 0 Å². The van der Waals surface area contributed by atoms with Crippen molar-refractivity contribution < 1.29 is 9.53 Å². The predicted octanol–water partition coefficient (Wildman–Crippen LogP) is 1.56. The Kier molecular flexibility index (Phi) is 4.15. The standard InChI is InChI=1S/C12H10Cl2N2O4/c1-2-20-8(17)5-16-11(18)9-7(15-12(16)19)4-3-6(13)10(9)14/h3-4H,2,5H2,1H3,(H,15,19). The molecule has 0 radical (unpaired) electrons. The Morgan fingerprint density at radius 1 is 1.35 bits per heavy atom. The largest absolute Gasteiger partial charge is 0.465 e. The summed E-state index contributed by atoms with van der Waals surface area (Å²) in [6.07, 6.45) is 0. The highest BCUT2D eigenvalue weighted by atomic mass is 35.5. The van der Waals surface area contributed by atoms with Gasteiger partial charge in [-0.3, -0.25) is 9.59 Å². The lowest BCUT2D eigenvalue weighted by molar-refractivity contribution is -0.143. The van der Waals surface area contributed by atoms with Crippen LogP contribution in [0.15, 0.2) is 21.7 Å². The van der Waals surface area contributed by atoms with Crippen molar-refractivity contribution in [3.63, 3.8) is 0 Å². The minimum Gasteiger partial charge on any atom is -0.465 e. The number of carbonyl (C=O) groups is 1. The third kappa shape index (κ3) is 2.57. The summed E-state index contributed by atoms with van der Waals surface area (Å²) in [5.74, 6) is -0.683. The minimum absolute atomic E-state index is 0.0306. The molecule has 0 bridgehead atoms. The molecule has 0 saturated heterocycles. The number of H-pyrrole nitrogens is 1. The van der Waals surface area contributed by atoms with Crippen LogP contribution in [-0.2, 0) is 16.1 Å². The third-order valence-corrected chi connectivity index (χ3v) is 3.44. The second-order valence-corrected chi connectivity index (χ2v) is 4.70. The molecule has 1 heterocycles. The van der Waals surface area contributed by atoms with Gasteiger partial charge < -0.3 is 9.72 Å². The average Bonchev–Trinajstić information content (AvgIpc) is 2.39. The van der Waals surface area contributed by atoms with Crippen LogP contribution in [0.5, 0.6) is 0 Å². The lowest BCUT2D eigenvalue weighted by atomic mass is 10.2. The Bertz CT molecular complexity index is 794. The molecule has 2 rings (SSSR count). The molecule has 0 aliphatic rings. The van der Waals surface area contributed by atoms with E-state index in [4.69, 9.17) is 27.9 Å². The Morgan fingerprint density at radius 3 is 2.70 bits per heavy atom. The fourth-order valence-electron chi connectivity index (χ4n) is 1.75. The summed E-state index contributed by atoms with van der Waals surface area (Å²) >= 11 is 11.8. The Balaban J connectivity index is 2.68. The predicted molar refractivity (Wildman–Crippen MR) is 75.5 cm³/mol. The highest BCUT2D eigenvalue weighted by molar-refractivity contribution is 6.45. The third-order valence-electron chi connectivity index (χ3n) is 2.63. The number of hydrogen-bond donors (Lipinski definition) is 1. The number of ether oxygens (including phenoxy) is 1. The van der Waals surface area contributed by atoms with Crippen molar-refractivity contribution in [1.82, 2.24) is 9.55 Å². The molecule has 1 N–H and O–H groups in total. The van der Waals surface area contributed by atoms with Gasteiger partial charge in [-0.1, -0.05) is 23.2 Å². The van der Waals surface area contributed by atoms with Gasteiger partial charge in [-0.15, -0.1) is 0 Å². The summed E-state index contributed by atoms with van der Waals surface area (Å²) < 4.78 is 5.44. The van der Waals surface area contributed by atoms with E-state index >= 15 is 0 Å². The lowest BCUT2D eigenvalue weighted by Gasteiger charge is -2.07. The van der Waals surface area contributed by atoms with Gasteiger partial charge in [-0.25, -0.2) is 9.36 Å². The number of aromatic amines is 1.